The van der Waals surface area contributed by atoms with Crippen molar-refractivity contribution in [2.75, 3.05) is 17.2 Å². The molecule has 2 aromatic rings. The van der Waals surface area contributed by atoms with Crippen LogP contribution < -0.4 is 16.0 Å². The van der Waals surface area contributed by atoms with E-state index in [0.29, 0.717) is 5.69 Å². The van der Waals surface area contributed by atoms with Gasteiger partial charge in [0.15, 0.2) is 0 Å². The first-order chi connectivity index (χ1) is 12.0. The summed E-state index contributed by atoms with van der Waals surface area (Å²) in [5.41, 5.74) is 0.849. The number of amides is 2. The number of benzene rings is 1. The van der Waals surface area contributed by atoms with E-state index in [0.717, 1.165) is 19.4 Å². The maximum Gasteiger partial charge on any atom is 0.275 e. The number of aromatic nitrogens is 2. The van der Waals surface area contributed by atoms with E-state index in [1.54, 1.807) is 0 Å². The molecule has 1 aliphatic heterocycles. The van der Waals surface area contributed by atoms with Gasteiger partial charge < -0.3 is 16.0 Å². The van der Waals surface area contributed by atoms with E-state index in [4.69, 9.17) is 23.2 Å². The average Bonchev–Trinajstić information content (AvgIpc) is 3.13. The molecule has 130 valence electrons. The second kappa shape index (κ2) is 7.77. The topological polar surface area (TPSA) is 96.0 Å². The number of halogens is 2. The molecule has 1 aliphatic rings. The van der Waals surface area contributed by atoms with Gasteiger partial charge in [-0.2, -0.15) is 0 Å². The SMILES string of the molecule is O=C(Nc1c(Cl)cc(NC(=O)C2CCCN2)cc1Cl)c1cnccn1. The van der Waals surface area contributed by atoms with Crippen LogP contribution in [0.15, 0.2) is 30.7 Å². The van der Waals surface area contributed by atoms with E-state index in [2.05, 4.69) is 25.9 Å². The van der Waals surface area contributed by atoms with Gasteiger partial charge in [-0.1, -0.05) is 23.2 Å². The first-order valence-electron chi connectivity index (χ1n) is 7.65. The highest BCUT2D eigenvalue weighted by molar-refractivity contribution is 6.40. The van der Waals surface area contributed by atoms with Crippen LogP contribution in [0.2, 0.25) is 10.0 Å². The van der Waals surface area contributed by atoms with Crippen molar-refractivity contribution in [2.24, 2.45) is 0 Å². The van der Waals surface area contributed by atoms with E-state index < -0.39 is 5.91 Å². The maximum absolute atomic E-state index is 12.1. The number of carbonyl (C=O) groups excluding carboxylic acids is 2. The third kappa shape index (κ3) is 4.25. The summed E-state index contributed by atoms with van der Waals surface area (Å²) in [6, 6.07) is 2.85. The lowest BCUT2D eigenvalue weighted by Gasteiger charge is -2.14. The van der Waals surface area contributed by atoms with Gasteiger partial charge in [0.1, 0.15) is 5.69 Å². The molecule has 25 heavy (non-hydrogen) atoms. The highest BCUT2D eigenvalue weighted by Gasteiger charge is 2.22. The first-order valence-corrected chi connectivity index (χ1v) is 8.41. The summed E-state index contributed by atoms with van der Waals surface area (Å²) >= 11 is 12.4. The molecule has 2 amide bonds. The van der Waals surface area contributed by atoms with Crippen molar-refractivity contribution in [2.45, 2.75) is 18.9 Å². The molecular formula is C16H15Cl2N5O2. The molecule has 7 nitrogen and oxygen atoms in total. The lowest BCUT2D eigenvalue weighted by atomic mass is 10.2. The van der Waals surface area contributed by atoms with Crippen LogP contribution in [0.4, 0.5) is 11.4 Å². The third-order valence-electron chi connectivity index (χ3n) is 3.72. The summed E-state index contributed by atoms with van der Waals surface area (Å²) in [6.45, 7) is 0.826. The van der Waals surface area contributed by atoms with Crippen LogP contribution >= 0.6 is 23.2 Å². The Morgan fingerprint density at radius 3 is 2.52 bits per heavy atom. The van der Waals surface area contributed by atoms with Crippen molar-refractivity contribution in [3.05, 3.63) is 46.5 Å². The molecule has 0 bridgehead atoms. The lowest BCUT2D eigenvalue weighted by Crippen LogP contribution is -2.35. The Kier molecular flexibility index (Phi) is 5.47. The number of hydrogen-bond donors (Lipinski definition) is 3. The summed E-state index contributed by atoms with van der Waals surface area (Å²) in [5.74, 6) is -0.621. The van der Waals surface area contributed by atoms with Crippen LogP contribution in [0.5, 0.6) is 0 Å². The predicted molar refractivity (Wildman–Crippen MR) is 96.1 cm³/mol. The van der Waals surface area contributed by atoms with E-state index in [9.17, 15) is 9.59 Å². The summed E-state index contributed by atoms with van der Waals surface area (Å²) in [7, 11) is 0. The third-order valence-corrected chi connectivity index (χ3v) is 4.32. The fourth-order valence-electron chi connectivity index (χ4n) is 2.50. The monoisotopic (exact) mass is 379 g/mol. The molecule has 0 radical (unpaired) electrons. The second-order valence-electron chi connectivity index (χ2n) is 5.50. The van der Waals surface area contributed by atoms with Gasteiger partial charge in [-0.25, -0.2) is 4.98 Å². The number of anilines is 2. The van der Waals surface area contributed by atoms with Gasteiger partial charge in [0.05, 0.1) is 28.0 Å². The van der Waals surface area contributed by atoms with Gasteiger partial charge >= 0.3 is 0 Å². The minimum atomic E-state index is -0.483. The Morgan fingerprint density at radius 2 is 1.92 bits per heavy atom. The smallest absolute Gasteiger partial charge is 0.275 e. The molecule has 1 fully saturated rings. The van der Waals surface area contributed by atoms with Gasteiger partial charge in [-0.05, 0) is 31.5 Å². The molecule has 3 rings (SSSR count). The molecular weight excluding hydrogens is 365 g/mol. The number of nitrogens with one attached hydrogen (secondary N) is 3. The Morgan fingerprint density at radius 1 is 1.16 bits per heavy atom. The number of carbonyl (C=O) groups is 2. The zero-order valence-corrected chi connectivity index (χ0v) is 14.6. The average molecular weight is 380 g/mol. The number of nitrogens with zero attached hydrogens (tertiary/aromatic N) is 2. The number of rotatable bonds is 4. The highest BCUT2D eigenvalue weighted by Crippen LogP contribution is 2.34. The quantitative estimate of drug-likeness (QED) is 0.758. The molecule has 1 aromatic carbocycles. The Balaban J connectivity index is 1.73. The minimum absolute atomic E-state index is 0.138. The molecule has 2 heterocycles. The van der Waals surface area contributed by atoms with Crippen molar-refractivity contribution in [1.29, 1.82) is 0 Å². The molecule has 1 aromatic heterocycles. The largest absolute Gasteiger partial charge is 0.325 e. The van der Waals surface area contributed by atoms with Crippen molar-refractivity contribution in [3.63, 3.8) is 0 Å². The molecule has 3 N–H and O–H groups in total. The van der Waals surface area contributed by atoms with Crippen LogP contribution in [-0.2, 0) is 4.79 Å². The van der Waals surface area contributed by atoms with Gasteiger partial charge in [0.25, 0.3) is 5.91 Å². The Hall–Kier alpha value is -2.22. The molecule has 0 spiro atoms. The molecule has 9 heteroatoms. The zero-order chi connectivity index (χ0) is 17.8. The van der Waals surface area contributed by atoms with E-state index in [1.807, 2.05) is 0 Å². The molecule has 0 saturated carbocycles. The van der Waals surface area contributed by atoms with Crippen molar-refractivity contribution in [1.82, 2.24) is 15.3 Å². The van der Waals surface area contributed by atoms with Gasteiger partial charge in [-0.3, -0.25) is 14.6 Å². The predicted octanol–water partition coefficient (Wildman–Crippen LogP) is 2.73. The summed E-state index contributed by atoms with van der Waals surface area (Å²) < 4.78 is 0. The first kappa shape index (κ1) is 17.6. The lowest BCUT2D eigenvalue weighted by molar-refractivity contribution is -0.117. The van der Waals surface area contributed by atoms with E-state index in [1.165, 1.54) is 30.7 Å². The fraction of sp³-hybridized carbons (Fsp3) is 0.250. The molecule has 1 saturated heterocycles. The van der Waals surface area contributed by atoms with Gasteiger partial charge in [0, 0.05) is 18.1 Å². The van der Waals surface area contributed by atoms with Gasteiger partial charge in [0.2, 0.25) is 5.91 Å². The minimum Gasteiger partial charge on any atom is -0.325 e. The van der Waals surface area contributed by atoms with Gasteiger partial charge in [-0.15, -0.1) is 0 Å². The second-order valence-corrected chi connectivity index (χ2v) is 6.31. The zero-order valence-electron chi connectivity index (χ0n) is 13.1. The van der Waals surface area contributed by atoms with Crippen molar-refractivity contribution >= 4 is 46.4 Å². The van der Waals surface area contributed by atoms with Crippen LogP contribution in [-0.4, -0.2) is 34.4 Å². The Labute approximate surface area is 154 Å². The normalized spacial score (nSPS) is 16.5. The van der Waals surface area contributed by atoms with Crippen molar-refractivity contribution in [3.8, 4) is 0 Å². The van der Waals surface area contributed by atoms with Crippen LogP contribution in [0.3, 0.4) is 0 Å². The number of hydrogen-bond acceptors (Lipinski definition) is 5. The molecule has 1 atom stereocenters. The Bertz CT molecular complexity index is 771. The summed E-state index contributed by atoms with van der Waals surface area (Å²) in [4.78, 5) is 32.0. The fourth-order valence-corrected chi connectivity index (χ4v) is 3.08. The molecule has 1 unspecified atom stereocenters. The van der Waals surface area contributed by atoms with E-state index >= 15 is 0 Å². The van der Waals surface area contributed by atoms with Crippen LogP contribution in [0.1, 0.15) is 23.3 Å². The maximum atomic E-state index is 12.1. The molecule has 0 aliphatic carbocycles. The van der Waals surface area contributed by atoms with Crippen molar-refractivity contribution < 1.29 is 9.59 Å². The summed E-state index contributed by atoms with van der Waals surface area (Å²) in [6.07, 6.45) is 5.97. The highest BCUT2D eigenvalue weighted by atomic mass is 35.5. The van der Waals surface area contributed by atoms with Crippen LogP contribution in [0.25, 0.3) is 0 Å². The van der Waals surface area contributed by atoms with E-state index in [-0.39, 0.29) is 33.4 Å². The summed E-state index contributed by atoms with van der Waals surface area (Å²) in [5, 5.41) is 8.90. The standard InChI is InChI=1S/C16H15Cl2N5O2/c17-10-6-9(22-15(24)12-2-1-3-20-12)7-11(18)14(10)23-16(25)13-8-19-4-5-21-13/h4-8,12,20H,1-3H2,(H,22,24)(H,23,25). The van der Waals surface area contributed by atoms with Crippen LogP contribution in [0, 0.1) is 0 Å².